The van der Waals surface area contributed by atoms with Crippen molar-refractivity contribution in [2.24, 2.45) is 0 Å². The second kappa shape index (κ2) is 8.49. The molecule has 156 valence electrons. The lowest BCUT2D eigenvalue weighted by Gasteiger charge is -2.14. The van der Waals surface area contributed by atoms with Gasteiger partial charge in [0, 0.05) is 12.2 Å². The highest BCUT2D eigenvalue weighted by Gasteiger charge is 2.35. The average Bonchev–Trinajstić information content (AvgIpc) is 2.91. The molecule has 3 rings (SSSR count). The summed E-state index contributed by atoms with van der Waals surface area (Å²) in [6, 6.07) is 8.95. The van der Waals surface area contributed by atoms with Crippen molar-refractivity contribution in [2.45, 2.75) is 34.1 Å². The van der Waals surface area contributed by atoms with E-state index in [0.717, 1.165) is 27.2 Å². The first kappa shape index (κ1) is 21.2. The normalized spacial score (nSPS) is 12.7. The van der Waals surface area contributed by atoms with Crippen LogP contribution in [0.25, 0.3) is 0 Å². The van der Waals surface area contributed by atoms with E-state index in [1.54, 1.807) is 18.2 Å². The van der Waals surface area contributed by atoms with Crippen LogP contribution in [-0.2, 0) is 14.3 Å². The first-order valence-electron chi connectivity index (χ1n) is 9.67. The van der Waals surface area contributed by atoms with Gasteiger partial charge in [0.05, 0.1) is 17.5 Å². The van der Waals surface area contributed by atoms with Gasteiger partial charge in [-0.25, -0.2) is 0 Å². The molecule has 0 saturated heterocycles. The summed E-state index contributed by atoms with van der Waals surface area (Å²) < 4.78 is 5.01. The Labute approximate surface area is 175 Å². The number of amides is 3. The van der Waals surface area contributed by atoms with Crippen LogP contribution >= 0.6 is 0 Å². The molecule has 3 amide bonds. The van der Waals surface area contributed by atoms with E-state index >= 15 is 0 Å². The van der Waals surface area contributed by atoms with E-state index in [2.05, 4.69) is 5.32 Å². The van der Waals surface area contributed by atoms with Gasteiger partial charge < -0.3 is 10.1 Å². The predicted molar refractivity (Wildman–Crippen MR) is 111 cm³/mol. The Morgan fingerprint density at radius 3 is 2.20 bits per heavy atom. The van der Waals surface area contributed by atoms with Crippen molar-refractivity contribution >= 4 is 29.4 Å². The van der Waals surface area contributed by atoms with Crippen LogP contribution in [0.5, 0.6) is 0 Å². The SMILES string of the molecule is Cc1cc(C)c(NC(=O)COC(=O)CCN2C(=O)c3ccc(C)cc3C2=O)c(C)c1. The summed E-state index contributed by atoms with van der Waals surface area (Å²) in [6.45, 7) is 7.07. The number of carbonyl (C=O) groups is 4. The van der Waals surface area contributed by atoms with E-state index in [-0.39, 0.29) is 13.0 Å². The van der Waals surface area contributed by atoms with Crippen LogP contribution in [0.3, 0.4) is 0 Å². The molecule has 0 aliphatic carbocycles. The Hall–Kier alpha value is -3.48. The first-order chi connectivity index (χ1) is 14.2. The molecule has 0 unspecified atom stereocenters. The summed E-state index contributed by atoms with van der Waals surface area (Å²) in [6.07, 6.45) is -0.180. The molecular weight excluding hydrogens is 384 g/mol. The minimum absolute atomic E-state index is 0.0952. The second-order valence-corrected chi connectivity index (χ2v) is 7.54. The number of esters is 1. The Morgan fingerprint density at radius 2 is 1.53 bits per heavy atom. The van der Waals surface area contributed by atoms with Gasteiger partial charge in [0.2, 0.25) is 0 Å². The zero-order valence-electron chi connectivity index (χ0n) is 17.5. The van der Waals surface area contributed by atoms with Crippen LogP contribution in [0.1, 0.15) is 49.4 Å². The van der Waals surface area contributed by atoms with Gasteiger partial charge in [-0.1, -0.05) is 29.3 Å². The zero-order valence-corrected chi connectivity index (χ0v) is 17.5. The summed E-state index contributed by atoms with van der Waals surface area (Å²) in [5.41, 5.74) is 5.20. The molecule has 0 radical (unpaired) electrons. The highest BCUT2D eigenvalue weighted by atomic mass is 16.5. The van der Waals surface area contributed by atoms with Gasteiger partial charge in [0.15, 0.2) is 6.61 Å². The number of rotatable bonds is 6. The summed E-state index contributed by atoms with van der Waals surface area (Å²) >= 11 is 0. The van der Waals surface area contributed by atoms with E-state index in [1.165, 1.54) is 0 Å². The smallest absolute Gasteiger partial charge is 0.308 e. The number of carbonyl (C=O) groups excluding carboxylic acids is 4. The molecule has 0 fully saturated rings. The lowest BCUT2D eigenvalue weighted by Crippen LogP contribution is -2.32. The fraction of sp³-hybridized carbons (Fsp3) is 0.304. The number of aryl methyl sites for hydroxylation is 4. The van der Waals surface area contributed by atoms with Gasteiger partial charge in [-0.15, -0.1) is 0 Å². The molecule has 1 heterocycles. The maximum Gasteiger partial charge on any atom is 0.308 e. The number of imide groups is 1. The van der Waals surface area contributed by atoms with E-state index in [1.807, 2.05) is 39.8 Å². The quantitative estimate of drug-likeness (QED) is 0.586. The Kier molecular flexibility index (Phi) is 6.01. The molecule has 0 bridgehead atoms. The fourth-order valence-electron chi connectivity index (χ4n) is 3.58. The number of ether oxygens (including phenoxy) is 1. The number of nitrogens with one attached hydrogen (secondary N) is 1. The van der Waals surface area contributed by atoms with Crippen LogP contribution < -0.4 is 5.32 Å². The van der Waals surface area contributed by atoms with Crippen molar-refractivity contribution < 1.29 is 23.9 Å². The molecule has 1 N–H and O–H groups in total. The standard InChI is InChI=1S/C23H24N2O5/c1-13-5-6-17-18(11-13)23(29)25(22(17)28)8-7-20(27)30-12-19(26)24-21-15(3)9-14(2)10-16(21)4/h5-6,9-11H,7-8,12H2,1-4H3,(H,24,26). The summed E-state index contributed by atoms with van der Waals surface area (Å²) in [7, 11) is 0. The molecule has 0 saturated carbocycles. The van der Waals surface area contributed by atoms with Crippen molar-refractivity contribution in [1.29, 1.82) is 0 Å². The van der Waals surface area contributed by atoms with Gasteiger partial charge in [0.25, 0.3) is 17.7 Å². The van der Waals surface area contributed by atoms with Crippen LogP contribution in [0.4, 0.5) is 5.69 Å². The first-order valence-corrected chi connectivity index (χ1v) is 9.67. The summed E-state index contributed by atoms with van der Waals surface area (Å²) in [5, 5.41) is 2.75. The number of hydrogen-bond donors (Lipinski definition) is 1. The zero-order chi connectivity index (χ0) is 22.0. The summed E-state index contributed by atoms with van der Waals surface area (Å²) in [5.74, 6) is -1.95. The molecule has 2 aromatic carbocycles. The number of benzene rings is 2. The number of fused-ring (bicyclic) bond motifs is 1. The molecule has 1 aliphatic heterocycles. The third kappa shape index (κ3) is 4.40. The van der Waals surface area contributed by atoms with Crippen molar-refractivity contribution in [3.63, 3.8) is 0 Å². The lowest BCUT2D eigenvalue weighted by molar-refractivity contribution is -0.147. The van der Waals surface area contributed by atoms with Gasteiger partial charge in [-0.3, -0.25) is 24.1 Å². The van der Waals surface area contributed by atoms with E-state index in [9.17, 15) is 19.2 Å². The Morgan fingerprint density at radius 1 is 0.900 bits per heavy atom. The molecular formula is C23H24N2O5. The third-order valence-electron chi connectivity index (χ3n) is 4.97. The Balaban J connectivity index is 1.51. The molecule has 2 aromatic rings. The van der Waals surface area contributed by atoms with Crippen molar-refractivity contribution in [3.8, 4) is 0 Å². The predicted octanol–water partition coefficient (Wildman–Crippen LogP) is 3.09. The fourth-order valence-corrected chi connectivity index (χ4v) is 3.58. The van der Waals surface area contributed by atoms with E-state index in [0.29, 0.717) is 16.8 Å². The minimum atomic E-state index is -0.657. The molecule has 30 heavy (non-hydrogen) atoms. The maximum absolute atomic E-state index is 12.4. The van der Waals surface area contributed by atoms with Crippen LogP contribution in [-0.4, -0.2) is 41.7 Å². The van der Waals surface area contributed by atoms with Crippen LogP contribution in [0.2, 0.25) is 0 Å². The summed E-state index contributed by atoms with van der Waals surface area (Å²) in [4.78, 5) is 50.0. The lowest BCUT2D eigenvalue weighted by atomic mass is 10.1. The topological polar surface area (TPSA) is 92.8 Å². The molecule has 7 nitrogen and oxygen atoms in total. The molecule has 0 spiro atoms. The van der Waals surface area contributed by atoms with Crippen LogP contribution in [0.15, 0.2) is 30.3 Å². The number of hydrogen-bond acceptors (Lipinski definition) is 5. The van der Waals surface area contributed by atoms with E-state index < -0.39 is 30.3 Å². The van der Waals surface area contributed by atoms with E-state index in [4.69, 9.17) is 4.74 Å². The average molecular weight is 408 g/mol. The van der Waals surface area contributed by atoms with Gasteiger partial charge in [0.1, 0.15) is 0 Å². The van der Waals surface area contributed by atoms with Gasteiger partial charge in [-0.2, -0.15) is 0 Å². The molecule has 0 aromatic heterocycles. The largest absolute Gasteiger partial charge is 0.456 e. The maximum atomic E-state index is 12.4. The molecule has 7 heteroatoms. The Bertz CT molecular complexity index is 1030. The number of nitrogens with zero attached hydrogens (tertiary/aromatic N) is 1. The van der Waals surface area contributed by atoms with Crippen molar-refractivity contribution in [1.82, 2.24) is 4.90 Å². The highest BCUT2D eigenvalue weighted by Crippen LogP contribution is 2.24. The van der Waals surface area contributed by atoms with Crippen LogP contribution in [0, 0.1) is 27.7 Å². The minimum Gasteiger partial charge on any atom is -0.456 e. The third-order valence-corrected chi connectivity index (χ3v) is 4.97. The van der Waals surface area contributed by atoms with Gasteiger partial charge in [-0.05, 0) is 51.0 Å². The van der Waals surface area contributed by atoms with Crippen molar-refractivity contribution in [2.75, 3.05) is 18.5 Å². The highest BCUT2D eigenvalue weighted by molar-refractivity contribution is 6.21. The molecule has 0 atom stereocenters. The number of anilines is 1. The molecule has 1 aliphatic rings. The van der Waals surface area contributed by atoms with Crippen molar-refractivity contribution in [3.05, 3.63) is 63.7 Å². The second-order valence-electron chi connectivity index (χ2n) is 7.54. The van der Waals surface area contributed by atoms with Gasteiger partial charge >= 0.3 is 5.97 Å². The monoisotopic (exact) mass is 408 g/mol.